The van der Waals surface area contributed by atoms with Crippen molar-refractivity contribution in [2.75, 3.05) is 5.73 Å². The summed E-state index contributed by atoms with van der Waals surface area (Å²) in [7, 11) is 0. The Kier molecular flexibility index (Phi) is 3.91. The molecule has 1 aliphatic carbocycles. The van der Waals surface area contributed by atoms with E-state index in [0.717, 1.165) is 20.1 Å². The number of rotatable bonds is 2. The fourth-order valence-electron chi connectivity index (χ4n) is 3.10. The van der Waals surface area contributed by atoms with Crippen LogP contribution in [-0.4, -0.2) is 11.1 Å². The first-order valence-corrected chi connectivity index (χ1v) is 8.86. The number of carboxylic acids is 1. The van der Waals surface area contributed by atoms with Gasteiger partial charge in [-0.25, -0.2) is 4.79 Å². The second kappa shape index (κ2) is 6.14. The van der Waals surface area contributed by atoms with Crippen molar-refractivity contribution < 1.29 is 14.3 Å². The Morgan fingerprint density at radius 2 is 1.85 bits per heavy atom. The Labute approximate surface area is 162 Å². The highest BCUT2D eigenvalue weighted by Crippen LogP contribution is 2.41. The highest BCUT2D eigenvalue weighted by Gasteiger charge is 2.21. The molecule has 1 aliphatic heterocycles. The zero-order valence-electron chi connectivity index (χ0n) is 13.4. The second-order valence-corrected chi connectivity index (χ2v) is 7.07. The van der Waals surface area contributed by atoms with E-state index in [4.69, 9.17) is 15.6 Å². The number of carbonyl (C=O) groups is 1. The molecule has 0 unspecified atom stereocenters. The molecule has 0 bridgehead atoms. The van der Waals surface area contributed by atoms with E-state index in [0.29, 0.717) is 28.0 Å². The summed E-state index contributed by atoms with van der Waals surface area (Å²) in [5, 5.41) is 18.8. The van der Waals surface area contributed by atoms with Crippen molar-refractivity contribution in [3.63, 3.8) is 0 Å². The minimum absolute atomic E-state index is 0.211. The first-order valence-electron chi connectivity index (χ1n) is 7.78. The fourth-order valence-corrected chi connectivity index (χ4v) is 3.57. The number of nitrogens with two attached hydrogens (primary N) is 1. The average molecular weight is 456 g/mol. The molecule has 2 aromatic carbocycles. The van der Waals surface area contributed by atoms with E-state index in [1.165, 1.54) is 0 Å². The van der Waals surface area contributed by atoms with Crippen molar-refractivity contribution in [2.45, 2.75) is 0 Å². The Morgan fingerprint density at radius 1 is 1.08 bits per heavy atom. The number of hydrogen-bond acceptors (Lipinski definition) is 4. The van der Waals surface area contributed by atoms with E-state index < -0.39 is 5.97 Å². The maximum atomic E-state index is 11.8. The molecule has 0 amide bonds. The summed E-state index contributed by atoms with van der Waals surface area (Å²) >= 11 is 2.09. The van der Waals surface area contributed by atoms with Crippen LogP contribution in [0.2, 0.25) is 0 Å². The molecule has 0 radical (unpaired) electrons. The molecule has 6 heteroatoms. The molecule has 0 saturated carbocycles. The highest BCUT2D eigenvalue weighted by atomic mass is 127. The predicted octanol–water partition coefficient (Wildman–Crippen LogP) is 4.57. The third kappa shape index (κ3) is 2.62. The van der Waals surface area contributed by atoms with Gasteiger partial charge in [0.05, 0.1) is 10.9 Å². The van der Waals surface area contributed by atoms with Gasteiger partial charge in [0.1, 0.15) is 11.3 Å². The number of anilines is 1. The summed E-state index contributed by atoms with van der Waals surface area (Å²) in [6.07, 6.45) is 0. The van der Waals surface area contributed by atoms with Gasteiger partial charge in [0.2, 0.25) is 0 Å². The van der Waals surface area contributed by atoms with Crippen molar-refractivity contribution in [2.24, 2.45) is 0 Å². The van der Waals surface area contributed by atoms with Crippen LogP contribution in [0.1, 0.15) is 10.4 Å². The molecule has 2 aromatic rings. The molecule has 0 spiro atoms. The van der Waals surface area contributed by atoms with Crippen LogP contribution in [0.3, 0.4) is 0 Å². The van der Waals surface area contributed by atoms with E-state index >= 15 is 0 Å². The standard InChI is InChI=1S/C20H13IN2O3/c21-15-8-14-18(9-16(15)23)26-17-7-10(22)5-6-13(17)19(14)11-3-1-2-4-12(11)20(24)25/h1-9,23H,22H2,(H,24,25). The van der Waals surface area contributed by atoms with E-state index in [2.05, 4.69) is 22.6 Å². The quantitative estimate of drug-likeness (QED) is 0.234. The molecule has 2 aliphatic rings. The lowest BCUT2D eigenvalue weighted by Gasteiger charge is -2.17. The maximum Gasteiger partial charge on any atom is 0.336 e. The second-order valence-electron chi connectivity index (χ2n) is 5.91. The predicted molar refractivity (Wildman–Crippen MR) is 108 cm³/mol. The van der Waals surface area contributed by atoms with E-state index in [9.17, 15) is 9.90 Å². The number of carboxylic acid groups (broad SMARTS) is 1. The molecular formula is C20H13IN2O3. The van der Waals surface area contributed by atoms with E-state index in [1.54, 1.807) is 36.4 Å². The Morgan fingerprint density at radius 3 is 2.62 bits per heavy atom. The molecule has 0 fully saturated rings. The lowest BCUT2D eigenvalue weighted by atomic mass is 9.91. The fraction of sp³-hybridized carbons (Fsp3) is 0. The zero-order valence-corrected chi connectivity index (χ0v) is 15.6. The minimum atomic E-state index is -0.995. The van der Waals surface area contributed by atoms with Crippen LogP contribution < -0.4 is 11.1 Å². The topological polar surface area (TPSA) is 100 Å². The third-order valence-corrected chi connectivity index (χ3v) is 5.15. The number of nitrogen functional groups attached to an aromatic ring is 1. The summed E-state index contributed by atoms with van der Waals surface area (Å²) in [6.45, 7) is 0. The Balaban J connectivity index is 2.24. The van der Waals surface area contributed by atoms with Crippen molar-refractivity contribution in [1.82, 2.24) is 0 Å². The number of fused-ring (bicyclic) bond motifs is 2. The molecule has 4 N–H and O–H groups in total. The Hall–Kier alpha value is -2.87. The van der Waals surface area contributed by atoms with Gasteiger partial charge in [0, 0.05) is 37.9 Å². The summed E-state index contributed by atoms with van der Waals surface area (Å²) in [6, 6.07) is 15.7. The maximum absolute atomic E-state index is 11.8. The van der Waals surface area contributed by atoms with Crippen LogP contribution in [0.15, 0.2) is 59.0 Å². The molecule has 128 valence electrons. The van der Waals surface area contributed by atoms with Crippen LogP contribution in [0.5, 0.6) is 0 Å². The number of aromatic carboxylic acids is 1. The van der Waals surface area contributed by atoms with Gasteiger partial charge in [-0.05, 0) is 52.4 Å². The van der Waals surface area contributed by atoms with Gasteiger partial charge in [-0.15, -0.1) is 0 Å². The van der Waals surface area contributed by atoms with Crippen LogP contribution >= 0.6 is 22.6 Å². The molecule has 5 nitrogen and oxygen atoms in total. The van der Waals surface area contributed by atoms with Crippen LogP contribution in [0, 0.1) is 8.98 Å². The molecule has 4 rings (SSSR count). The summed E-state index contributed by atoms with van der Waals surface area (Å²) in [5.41, 5.74) is 9.33. The molecule has 1 heterocycles. The van der Waals surface area contributed by atoms with Crippen molar-refractivity contribution in [3.05, 3.63) is 69.1 Å². The van der Waals surface area contributed by atoms with Gasteiger partial charge in [0.25, 0.3) is 0 Å². The van der Waals surface area contributed by atoms with Crippen LogP contribution in [0.4, 0.5) is 5.69 Å². The third-order valence-electron chi connectivity index (χ3n) is 4.26. The zero-order chi connectivity index (χ0) is 18.4. The van der Waals surface area contributed by atoms with Crippen molar-refractivity contribution in [3.8, 4) is 22.5 Å². The lowest BCUT2D eigenvalue weighted by Crippen LogP contribution is -2.07. The van der Waals surface area contributed by atoms with Gasteiger partial charge in [-0.1, -0.05) is 18.2 Å². The lowest BCUT2D eigenvalue weighted by molar-refractivity contribution is 0.0697. The minimum Gasteiger partial charge on any atom is -0.478 e. The monoisotopic (exact) mass is 456 g/mol. The van der Waals surface area contributed by atoms with Gasteiger partial charge >= 0.3 is 5.97 Å². The number of benzene rings is 3. The molecule has 26 heavy (non-hydrogen) atoms. The largest absolute Gasteiger partial charge is 0.478 e. The first-order chi connectivity index (χ1) is 12.5. The smallest absolute Gasteiger partial charge is 0.336 e. The van der Waals surface area contributed by atoms with Gasteiger partial charge < -0.3 is 15.3 Å². The number of nitrogens with one attached hydrogen (secondary N) is 1. The first kappa shape index (κ1) is 16.6. The van der Waals surface area contributed by atoms with Crippen molar-refractivity contribution >= 4 is 45.2 Å². The number of halogens is 1. The van der Waals surface area contributed by atoms with Gasteiger partial charge in [-0.3, -0.25) is 5.41 Å². The highest BCUT2D eigenvalue weighted by molar-refractivity contribution is 14.1. The summed E-state index contributed by atoms with van der Waals surface area (Å²) in [5.74, 6) is -0.478. The SMILES string of the molecule is N=c1cc2oc3cc(N)ccc3c(-c3ccccc3C(=O)O)c-2cc1I. The molecule has 0 atom stereocenters. The summed E-state index contributed by atoms with van der Waals surface area (Å²) in [4.78, 5) is 11.8. The molecule has 0 aromatic heterocycles. The van der Waals surface area contributed by atoms with E-state index in [-0.39, 0.29) is 5.56 Å². The number of hydrogen-bond donors (Lipinski definition) is 3. The van der Waals surface area contributed by atoms with Gasteiger partial charge in [-0.2, -0.15) is 0 Å². The summed E-state index contributed by atoms with van der Waals surface area (Å²) < 4.78 is 6.73. The molecular weight excluding hydrogens is 443 g/mol. The van der Waals surface area contributed by atoms with E-state index in [1.807, 2.05) is 18.2 Å². The van der Waals surface area contributed by atoms with Crippen LogP contribution in [0.25, 0.3) is 33.4 Å². The van der Waals surface area contributed by atoms with Gasteiger partial charge in [0.15, 0.2) is 0 Å². The van der Waals surface area contributed by atoms with Crippen molar-refractivity contribution in [1.29, 1.82) is 5.41 Å². The van der Waals surface area contributed by atoms with Crippen LogP contribution in [-0.2, 0) is 0 Å². The molecule has 0 saturated heterocycles. The average Bonchev–Trinajstić information content (AvgIpc) is 2.61. The normalized spacial score (nSPS) is 11.1. The Bertz CT molecular complexity index is 1210.